The molecule has 1 aliphatic rings. The number of nitrogen functional groups attached to an aromatic ring is 1. The van der Waals surface area contributed by atoms with E-state index < -0.39 is 5.41 Å². The second-order valence-corrected chi connectivity index (χ2v) is 6.31. The number of hydrogen-bond donors (Lipinski definition) is 2. The second-order valence-electron chi connectivity index (χ2n) is 6.31. The average molecular weight is 305 g/mol. The van der Waals surface area contributed by atoms with Crippen LogP contribution in [0.15, 0.2) is 24.3 Å². The summed E-state index contributed by atoms with van der Waals surface area (Å²) in [6.07, 6.45) is 0.962. The molecule has 0 bridgehead atoms. The van der Waals surface area contributed by atoms with Crippen LogP contribution in [0.5, 0.6) is 0 Å². The Morgan fingerprint density at radius 3 is 2.55 bits per heavy atom. The van der Waals surface area contributed by atoms with E-state index in [9.17, 15) is 4.79 Å². The summed E-state index contributed by atoms with van der Waals surface area (Å²) in [5, 5.41) is 3.05. The van der Waals surface area contributed by atoms with Crippen molar-refractivity contribution in [2.24, 2.45) is 0 Å². The lowest BCUT2D eigenvalue weighted by Crippen LogP contribution is -2.42. The molecule has 1 amide bonds. The maximum absolute atomic E-state index is 12.4. The van der Waals surface area contributed by atoms with Gasteiger partial charge in [0.25, 0.3) is 0 Å². The standard InChI is InChI=1S/C17H27N3O2/c1-17(2,14-4-6-15(18)7-5-14)16(21)19-8-3-9-20-10-12-22-13-11-20/h4-7H,3,8-13,18H2,1-2H3,(H,19,21). The SMILES string of the molecule is CC(C)(C(=O)NCCCN1CCOCC1)c1ccc(N)cc1. The molecule has 0 aliphatic carbocycles. The molecule has 5 nitrogen and oxygen atoms in total. The van der Waals surface area contributed by atoms with Crippen LogP contribution in [0.2, 0.25) is 0 Å². The van der Waals surface area contributed by atoms with Gasteiger partial charge in [-0.25, -0.2) is 0 Å². The predicted octanol–water partition coefficient (Wildman–Crippen LogP) is 1.38. The number of anilines is 1. The molecule has 122 valence electrons. The Bertz CT molecular complexity index is 479. The zero-order valence-electron chi connectivity index (χ0n) is 13.6. The number of carbonyl (C=O) groups is 1. The zero-order valence-corrected chi connectivity index (χ0v) is 13.6. The molecule has 1 aliphatic heterocycles. The number of ether oxygens (including phenoxy) is 1. The van der Waals surface area contributed by atoms with E-state index in [1.807, 2.05) is 38.1 Å². The monoisotopic (exact) mass is 305 g/mol. The van der Waals surface area contributed by atoms with E-state index in [2.05, 4.69) is 10.2 Å². The molecular weight excluding hydrogens is 278 g/mol. The molecule has 0 atom stereocenters. The molecule has 1 aromatic rings. The highest BCUT2D eigenvalue weighted by atomic mass is 16.5. The largest absolute Gasteiger partial charge is 0.399 e. The molecule has 0 spiro atoms. The van der Waals surface area contributed by atoms with E-state index in [1.165, 1.54) is 0 Å². The minimum absolute atomic E-state index is 0.0549. The van der Waals surface area contributed by atoms with Gasteiger partial charge in [-0.2, -0.15) is 0 Å². The Morgan fingerprint density at radius 1 is 1.27 bits per heavy atom. The summed E-state index contributed by atoms with van der Waals surface area (Å²) in [7, 11) is 0. The third kappa shape index (κ3) is 4.45. The number of rotatable bonds is 6. The first-order chi connectivity index (χ1) is 10.5. The van der Waals surface area contributed by atoms with Crippen molar-refractivity contribution in [1.82, 2.24) is 10.2 Å². The predicted molar refractivity (Wildman–Crippen MR) is 88.8 cm³/mol. The van der Waals surface area contributed by atoms with Gasteiger partial charge >= 0.3 is 0 Å². The average Bonchev–Trinajstić information content (AvgIpc) is 2.52. The van der Waals surface area contributed by atoms with Crippen molar-refractivity contribution < 1.29 is 9.53 Å². The maximum atomic E-state index is 12.4. The van der Waals surface area contributed by atoms with Crippen molar-refractivity contribution >= 4 is 11.6 Å². The van der Waals surface area contributed by atoms with Crippen LogP contribution in [0, 0.1) is 0 Å². The minimum Gasteiger partial charge on any atom is -0.399 e. The van der Waals surface area contributed by atoms with Crippen molar-refractivity contribution in [1.29, 1.82) is 0 Å². The number of amides is 1. The van der Waals surface area contributed by atoms with E-state index in [4.69, 9.17) is 10.5 Å². The molecule has 2 rings (SSSR count). The number of nitrogens with one attached hydrogen (secondary N) is 1. The van der Waals surface area contributed by atoms with Gasteiger partial charge in [0.2, 0.25) is 5.91 Å². The van der Waals surface area contributed by atoms with Crippen molar-refractivity contribution in [3.8, 4) is 0 Å². The summed E-state index contributed by atoms with van der Waals surface area (Å²) in [5.74, 6) is 0.0549. The number of carbonyl (C=O) groups excluding carboxylic acids is 1. The van der Waals surface area contributed by atoms with Gasteiger partial charge in [-0.3, -0.25) is 9.69 Å². The molecule has 0 saturated carbocycles. The molecule has 1 saturated heterocycles. The summed E-state index contributed by atoms with van der Waals surface area (Å²) >= 11 is 0. The van der Waals surface area contributed by atoms with E-state index in [0.717, 1.165) is 44.8 Å². The van der Waals surface area contributed by atoms with Crippen LogP contribution in [0.3, 0.4) is 0 Å². The lowest BCUT2D eigenvalue weighted by Gasteiger charge is -2.27. The van der Waals surface area contributed by atoms with Gasteiger partial charge in [-0.05, 0) is 44.5 Å². The van der Waals surface area contributed by atoms with E-state index >= 15 is 0 Å². The van der Waals surface area contributed by atoms with Gasteiger partial charge in [-0.15, -0.1) is 0 Å². The first kappa shape index (κ1) is 16.8. The van der Waals surface area contributed by atoms with Crippen LogP contribution in [0.1, 0.15) is 25.8 Å². The third-order valence-electron chi connectivity index (χ3n) is 4.24. The normalized spacial score (nSPS) is 16.5. The second kappa shape index (κ2) is 7.61. The highest BCUT2D eigenvalue weighted by molar-refractivity contribution is 5.87. The van der Waals surface area contributed by atoms with Gasteiger partial charge < -0.3 is 15.8 Å². The van der Waals surface area contributed by atoms with Gasteiger partial charge in [0.15, 0.2) is 0 Å². The Hall–Kier alpha value is -1.59. The summed E-state index contributed by atoms with van der Waals surface area (Å²) in [4.78, 5) is 14.8. The molecule has 22 heavy (non-hydrogen) atoms. The number of nitrogens with zero attached hydrogens (tertiary/aromatic N) is 1. The third-order valence-corrected chi connectivity index (χ3v) is 4.24. The molecule has 1 heterocycles. The Morgan fingerprint density at radius 2 is 1.91 bits per heavy atom. The van der Waals surface area contributed by atoms with Crippen molar-refractivity contribution in [3.05, 3.63) is 29.8 Å². The van der Waals surface area contributed by atoms with E-state index in [0.29, 0.717) is 12.2 Å². The van der Waals surface area contributed by atoms with Gasteiger partial charge in [0, 0.05) is 25.3 Å². The van der Waals surface area contributed by atoms with Crippen molar-refractivity contribution in [3.63, 3.8) is 0 Å². The minimum atomic E-state index is -0.549. The Labute approximate surface area is 132 Å². The lowest BCUT2D eigenvalue weighted by molar-refractivity contribution is -0.125. The first-order valence-electron chi connectivity index (χ1n) is 7.94. The van der Waals surface area contributed by atoms with E-state index in [-0.39, 0.29) is 5.91 Å². The number of benzene rings is 1. The fourth-order valence-electron chi connectivity index (χ4n) is 2.58. The Kier molecular flexibility index (Phi) is 5.80. The summed E-state index contributed by atoms with van der Waals surface area (Å²) in [6, 6.07) is 7.51. The first-order valence-corrected chi connectivity index (χ1v) is 7.94. The smallest absolute Gasteiger partial charge is 0.230 e. The van der Waals surface area contributed by atoms with Gasteiger partial charge in [0.1, 0.15) is 0 Å². The van der Waals surface area contributed by atoms with E-state index in [1.54, 1.807) is 0 Å². The fourth-order valence-corrected chi connectivity index (χ4v) is 2.58. The quantitative estimate of drug-likeness (QED) is 0.615. The van der Waals surface area contributed by atoms with Crippen LogP contribution in [0.25, 0.3) is 0 Å². The van der Waals surface area contributed by atoms with Crippen LogP contribution >= 0.6 is 0 Å². The molecule has 0 aromatic heterocycles. The fraction of sp³-hybridized carbons (Fsp3) is 0.588. The Balaban J connectivity index is 1.76. The van der Waals surface area contributed by atoms with Crippen molar-refractivity contribution in [2.45, 2.75) is 25.7 Å². The number of hydrogen-bond acceptors (Lipinski definition) is 4. The van der Waals surface area contributed by atoms with Gasteiger partial charge in [0.05, 0.1) is 18.6 Å². The van der Waals surface area contributed by atoms with Crippen LogP contribution in [-0.4, -0.2) is 50.2 Å². The maximum Gasteiger partial charge on any atom is 0.230 e. The topological polar surface area (TPSA) is 67.6 Å². The highest BCUT2D eigenvalue weighted by Crippen LogP contribution is 2.24. The highest BCUT2D eigenvalue weighted by Gasteiger charge is 2.29. The number of morpholine rings is 1. The molecule has 0 radical (unpaired) electrons. The van der Waals surface area contributed by atoms with Crippen LogP contribution in [-0.2, 0) is 14.9 Å². The molecule has 3 N–H and O–H groups in total. The molecule has 0 unspecified atom stereocenters. The van der Waals surface area contributed by atoms with Crippen molar-refractivity contribution in [2.75, 3.05) is 45.1 Å². The van der Waals surface area contributed by atoms with Crippen LogP contribution < -0.4 is 11.1 Å². The summed E-state index contributed by atoms with van der Waals surface area (Å²) in [5.41, 5.74) is 6.84. The molecule has 1 fully saturated rings. The number of nitrogens with two attached hydrogens (primary N) is 1. The summed E-state index contributed by atoms with van der Waals surface area (Å²) in [6.45, 7) is 9.20. The molecular formula is C17H27N3O2. The lowest BCUT2D eigenvalue weighted by atomic mass is 9.83. The van der Waals surface area contributed by atoms with Crippen LogP contribution in [0.4, 0.5) is 5.69 Å². The summed E-state index contributed by atoms with van der Waals surface area (Å²) < 4.78 is 5.33. The zero-order chi connectivity index (χ0) is 16.0. The molecule has 1 aromatic carbocycles. The van der Waals surface area contributed by atoms with Gasteiger partial charge in [-0.1, -0.05) is 12.1 Å². The molecule has 5 heteroatoms.